The first-order chi connectivity index (χ1) is 15.0. The second kappa shape index (κ2) is 10.1. The van der Waals surface area contributed by atoms with Gasteiger partial charge in [0, 0.05) is 23.4 Å². The molecule has 1 aliphatic carbocycles. The van der Waals surface area contributed by atoms with E-state index in [4.69, 9.17) is 9.72 Å². The van der Waals surface area contributed by atoms with E-state index in [1.54, 1.807) is 11.8 Å². The van der Waals surface area contributed by atoms with Crippen LogP contribution in [0.3, 0.4) is 0 Å². The molecule has 0 saturated heterocycles. The molecule has 0 bridgehead atoms. The summed E-state index contributed by atoms with van der Waals surface area (Å²) in [6, 6.07) is 7.53. The largest absolute Gasteiger partial charge is 0.494 e. The van der Waals surface area contributed by atoms with Crippen LogP contribution in [-0.2, 0) is 11.2 Å². The monoisotopic (exact) mass is 459 g/mol. The van der Waals surface area contributed by atoms with Gasteiger partial charge in [0.15, 0.2) is 5.16 Å². The predicted octanol–water partition coefficient (Wildman–Crippen LogP) is 4.91. The molecular weight excluding hydrogens is 430 g/mol. The number of benzene rings is 1. The molecule has 1 atom stereocenters. The van der Waals surface area contributed by atoms with Gasteiger partial charge in [0.25, 0.3) is 5.56 Å². The molecule has 2 aliphatic rings. The Bertz CT molecular complexity index is 985. The predicted molar refractivity (Wildman–Crippen MR) is 127 cm³/mol. The smallest absolute Gasteiger partial charge is 0.268 e. The number of rotatable bonds is 7. The molecule has 0 spiro atoms. The van der Waals surface area contributed by atoms with Crippen molar-refractivity contribution < 1.29 is 9.53 Å². The van der Waals surface area contributed by atoms with E-state index in [2.05, 4.69) is 12.2 Å². The molecule has 1 unspecified atom stereocenters. The normalized spacial score (nSPS) is 18.6. The number of ether oxygens (including phenoxy) is 1. The number of anilines is 1. The van der Waals surface area contributed by atoms with E-state index in [-0.39, 0.29) is 23.3 Å². The van der Waals surface area contributed by atoms with Crippen molar-refractivity contribution in [3.63, 3.8) is 0 Å². The second-order valence-electron chi connectivity index (χ2n) is 8.06. The highest BCUT2D eigenvalue weighted by molar-refractivity contribution is 8.00. The van der Waals surface area contributed by atoms with Crippen LogP contribution in [0, 0.1) is 0 Å². The average Bonchev–Trinajstić information content (AvgIpc) is 3.15. The first-order valence-electron chi connectivity index (χ1n) is 11.0. The number of hydrogen-bond acceptors (Lipinski definition) is 6. The molecule has 1 N–H and O–H groups in total. The zero-order chi connectivity index (χ0) is 21.8. The number of thioether (sulfide) groups is 2. The van der Waals surface area contributed by atoms with Crippen molar-refractivity contribution in [2.45, 2.75) is 73.7 Å². The van der Waals surface area contributed by atoms with Gasteiger partial charge in [-0.05, 0) is 44.0 Å². The van der Waals surface area contributed by atoms with Crippen molar-refractivity contribution in [1.29, 1.82) is 0 Å². The Kier molecular flexibility index (Phi) is 7.27. The number of carbonyl (C=O) groups excluding carboxylic acids is 1. The van der Waals surface area contributed by atoms with E-state index in [1.807, 2.05) is 35.8 Å². The van der Waals surface area contributed by atoms with Gasteiger partial charge in [-0.2, -0.15) is 0 Å². The Morgan fingerprint density at radius 2 is 2.00 bits per heavy atom. The minimum atomic E-state index is -0.109. The Hall–Kier alpha value is -1.93. The van der Waals surface area contributed by atoms with E-state index < -0.39 is 0 Å². The third kappa shape index (κ3) is 5.29. The maximum atomic E-state index is 13.3. The summed E-state index contributed by atoms with van der Waals surface area (Å²) in [4.78, 5) is 31.6. The van der Waals surface area contributed by atoms with Gasteiger partial charge in [0.1, 0.15) is 5.75 Å². The summed E-state index contributed by atoms with van der Waals surface area (Å²) in [5.74, 6) is 0.885. The van der Waals surface area contributed by atoms with Crippen molar-refractivity contribution in [2.75, 3.05) is 17.7 Å². The van der Waals surface area contributed by atoms with Gasteiger partial charge in [0.05, 0.1) is 22.9 Å². The molecular formula is C23H29N3O3S2. The fraction of sp³-hybridized carbons (Fsp3) is 0.522. The number of aromatic nitrogens is 2. The fourth-order valence-electron chi connectivity index (χ4n) is 4.20. The van der Waals surface area contributed by atoms with E-state index in [9.17, 15) is 9.59 Å². The molecule has 8 heteroatoms. The lowest BCUT2D eigenvalue weighted by molar-refractivity contribution is -0.113. The summed E-state index contributed by atoms with van der Waals surface area (Å²) >= 11 is 3.01. The van der Waals surface area contributed by atoms with Crippen LogP contribution in [0.5, 0.6) is 5.75 Å². The van der Waals surface area contributed by atoms with Crippen molar-refractivity contribution in [2.24, 2.45) is 0 Å². The molecule has 2 heterocycles. The fourth-order valence-corrected chi connectivity index (χ4v) is 6.19. The highest BCUT2D eigenvalue weighted by Crippen LogP contribution is 2.37. The van der Waals surface area contributed by atoms with Gasteiger partial charge in [0.2, 0.25) is 5.91 Å². The molecule has 0 radical (unpaired) electrons. The summed E-state index contributed by atoms with van der Waals surface area (Å²) < 4.78 is 7.32. The molecule has 1 aliphatic heterocycles. The van der Waals surface area contributed by atoms with Crippen LogP contribution in [0.2, 0.25) is 0 Å². The van der Waals surface area contributed by atoms with Gasteiger partial charge in [-0.15, -0.1) is 11.8 Å². The third-order valence-corrected chi connectivity index (χ3v) is 7.80. The Labute approximate surface area is 191 Å². The number of nitrogens with one attached hydrogen (secondary N) is 1. The second-order valence-corrected chi connectivity index (χ2v) is 10.5. The van der Waals surface area contributed by atoms with Gasteiger partial charge < -0.3 is 10.1 Å². The SMILES string of the molecule is CCOc1ccc(NC(=O)CSc2nc3c(c(=O)n2C2CCCCC2)SC(C)C3)cc1. The Morgan fingerprint density at radius 3 is 2.71 bits per heavy atom. The summed E-state index contributed by atoms with van der Waals surface area (Å²) in [5.41, 5.74) is 1.70. The van der Waals surface area contributed by atoms with Gasteiger partial charge in [-0.3, -0.25) is 14.2 Å². The van der Waals surface area contributed by atoms with Crippen LogP contribution in [0.4, 0.5) is 5.69 Å². The van der Waals surface area contributed by atoms with Crippen molar-refractivity contribution in [3.8, 4) is 5.75 Å². The topological polar surface area (TPSA) is 73.2 Å². The number of carbonyl (C=O) groups is 1. The van der Waals surface area contributed by atoms with Crippen molar-refractivity contribution in [3.05, 3.63) is 40.3 Å². The Morgan fingerprint density at radius 1 is 1.26 bits per heavy atom. The van der Waals surface area contributed by atoms with Crippen LogP contribution in [-0.4, -0.2) is 33.1 Å². The lowest BCUT2D eigenvalue weighted by Crippen LogP contribution is -2.30. The molecule has 1 aromatic carbocycles. The van der Waals surface area contributed by atoms with Crippen molar-refractivity contribution >= 4 is 35.1 Å². The molecule has 31 heavy (non-hydrogen) atoms. The average molecular weight is 460 g/mol. The van der Waals surface area contributed by atoms with E-state index in [0.717, 1.165) is 54.1 Å². The molecule has 166 valence electrons. The molecule has 2 aromatic rings. The van der Waals surface area contributed by atoms with Crippen LogP contribution in [0.15, 0.2) is 39.1 Å². The maximum Gasteiger partial charge on any atom is 0.268 e. The maximum absolute atomic E-state index is 13.3. The third-order valence-electron chi connectivity index (χ3n) is 5.63. The summed E-state index contributed by atoms with van der Waals surface area (Å²) in [6.45, 7) is 4.68. The molecule has 1 aromatic heterocycles. The van der Waals surface area contributed by atoms with Gasteiger partial charge in [-0.25, -0.2) is 4.98 Å². The quantitative estimate of drug-likeness (QED) is 0.468. The highest BCUT2D eigenvalue weighted by Gasteiger charge is 2.29. The number of hydrogen-bond donors (Lipinski definition) is 1. The van der Waals surface area contributed by atoms with Crippen LogP contribution < -0.4 is 15.6 Å². The lowest BCUT2D eigenvalue weighted by atomic mass is 9.95. The number of nitrogens with zero attached hydrogens (tertiary/aromatic N) is 2. The molecule has 6 nitrogen and oxygen atoms in total. The summed E-state index contributed by atoms with van der Waals surface area (Å²) in [6.07, 6.45) is 6.33. The first-order valence-corrected chi connectivity index (χ1v) is 12.9. The summed E-state index contributed by atoms with van der Waals surface area (Å²) in [5, 5.41) is 3.98. The summed E-state index contributed by atoms with van der Waals surface area (Å²) in [7, 11) is 0. The highest BCUT2D eigenvalue weighted by atomic mass is 32.2. The zero-order valence-electron chi connectivity index (χ0n) is 18.1. The van der Waals surface area contributed by atoms with Gasteiger partial charge >= 0.3 is 0 Å². The molecule has 4 rings (SSSR count). The van der Waals surface area contributed by atoms with Crippen LogP contribution in [0.25, 0.3) is 0 Å². The van der Waals surface area contributed by atoms with Crippen molar-refractivity contribution in [1.82, 2.24) is 9.55 Å². The lowest BCUT2D eigenvalue weighted by Gasteiger charge is -2.26. The standard InChI is InChI=1S/C23H29N3O3S2/c1-3-29-18-11-9-16(10-12-18)24-20(27)14-30-23-25-19-13-15(2)31-21(19)22(28)26(23)17-7-5-4-6-8-17/h9-12,15,17H,3-8,13-14H2,1-2H3,(H,24,27). The minimum absolute atomic E-state index is 0.0840. The zero-order valence-corrected chi connectivity index (χ0v) is 19.7. The first kappa shape index (κ1) is 22.3. The van der Waals surface area contributed by atoms with Crippen LogP contribution in [0.1, 0.15) is 57.7 Å². The van der Waals surface area contributed by atoms with E-state index >= 15 is 0 Å². The van der Waals surface area contributed by atoms with Gasteiger partial charge in [-0.1, -0.05) is 37.9 Å². The minimum Gasteiger partial charge on any atom is -0.494 e. The van der Waals surface area contributed by atoms with E-state index in [1.165, 1.54) is 18.2 Å². The Balaban J connectivity index is 1.49. The number of amides is 1. The number of fused-ring (bicyclic) bond motifs is 1. The van der Waals surface area contributed by atoms with E-state index in [0.29, 0.717) is 17.0 Å². The molecule has 1 saturated carbocycles. The molecule has 1 fully saturated rings. The molecule has 1 amide bonds. The van der Waals surface area contributed by atoms with Crippen LogP contribution >= 0.6 is 23.5 Å².